The van der Waals surface area contributed by atoms with E-state index in [4.69, 9.17) is 5.73 Å². The summed E-state index contributed by atoms with van der Waals surface area (Å²) in [6, 6.07) is 5.49. The maximum Gasteiger partial charge on any atom is 0.220 e. The normalized spacial score (nSPS) is 14.6. The summed E-state index contributed by atoms with van der Waals surface area (Å²) in [5, 5.41) is 18.9. The third-order valence-corrected chi connectivity index (χ3v) is 2.00. The second-order valence-electron chi connectivity index (χ2n) is 3.20. The van der Waals surface area contributed by atoms with Crippen LogP contribution >= 0.6 is 0 Å². The summed E-state index contributed by atoms with van der Waals surface area (Å²) < 4.78 is 13.2. The van der Waals surface area contributed by atoms with Crippen molar-refractivity contribution < 1.29 is 19.4 Å². The molecule has 0 fully saturated rings. The highest BCUT2D eigenvalue weighted by Crippen LogP contribution is 2.21. The second-order valence-corrected chi connectivity index (χ2v) is 3.20. The third kappa shape index (κ3) is 3.00. The molecule has 5 heteroatoms. The van der Waals surface area contributed by atoms with Gasteiger partial charge in [-0.1, -0.05) is 18.2 Å². The molecule has 0 bridgehead atoms. The highest BCUT2D eigenvalue weighted by Gasteiger charge is 2.22. The molecule has 0 aromatic heterocycles. The zero-order valence-electron chi connectivity index (χ0n) is 7.93. The zero-order chi connectivity index (χ0) is 11.4. The first-order valence-electron chi connectivity index (χ1n) is 4.41. The Morgan fingerprint density at radius 3 is 2.53 bits per heavy atom. The number of halogens is 1. The van der Waals surface area contributed by atoms with Crippen LogP contribution in [0.2, 0.25) is 0 Å². The number of hydrogen-bond donors (Lipinski definition) is 3. The van der Waals surface area contributed by atoms with Crippen molar-refractivity contribution in [1.29, 1.82) is 0 Å². The molecule has 1 amide bonds. The maximum atomic E-state index is 13.2. The van der Waals surface area contributed by atoms with Crippen molar-refractivity contribution >= 4 is 5.91 Å². The standard InChI is InChI=1S/C10H12FNO3/c11-7-4-2-1-3-6(7)10(15)8(13)5-9(12)14/h1-4,8,10,13,15H,5H2,(H2,12,14). The van der Waals surface area contributed by atoms with E-state index in [-0.39, 0.29) is 5.56 Å². The molecular formula is C10H12FNO3. The molecule has 0 aliphatic heterocycles. The summed E-state index contributed by atoms with van der Waals surface area (Å²) in [6.45, 7) is 0. The summed E-state index contributed by atoms with van der Waals surface area (Å²) >= 11 is 0. The van der Waals surface area contributed by atoms with Gasteiger partial charge in [-0.2, -0.15) is 0 Å². The Balaban J connectivity index is 2.80. The van der Waals surface area contributed by atoms with Crippen LogP contribution in [0.3, 0.4) is 0 Å². The number of aliphatic hydroxyl groups is 2. The van der Waals surface area contributed by atoms with Crippen LogP contribution in [0.1, 0.15) is 18.1 Å². The maximum absolute atomic E-state index is 13.2. The van der Waals surface area contributed by atoms with E-state index in [0.717, 1.165) is 6.07 Å². The van der Waals surface area contributed by atoms with Crippen molar-refractivity contribution in [2.75, 3.05) is 0 Å². The second kappa shape index (κ2) is 4.86. The van der Waals surface area contributed by atoms with Gasteiger partial charge in [-0.3, -0.25) is 4.79 Å². The predicted molar refractivity (Wildman–Crippen MR) is 51.2 cm³/mol. The Hall–Kier alpha value is -1.46. The lowest BCUT2D eigenvalue weighted by Crippen LogP contribution is -2.26. The zero-order valence-corrected chi connectivity index (χ0v) is 7.93. The van der Waals surface area contributed by atoms with E-state index in [9.17, 15) is 19.4 Å². The van der Waals surface area contributed by atoms with Gasteiger partial charge in [-0.25, -0.2) is 4.39 Å². The monoisotopic (exact) mass is 213 g/mol. The van der Waals surface area contributed by atoms with E-state index < -0.39 is 30.4 Å². The minimum atomic E-state index is -1.45. The molecule has 0 spiro atoms. The summed E-state index contributed by atoms with van der Waals surface area (Å²) in [6.07, 6.45) is -3.24. The fraction of sp³-hybridized carbons (Fsp3) is 0.300. The topological polar surface area (TPSA) is 83.6 Å². The lowest BCUT2D eigenvalue weighted by Gasteiger charge is -2.17. The molecule has 1 rings (SSSR count). The molecule has 1 aromatic rings. The Morgan fingerprint density at radius 2 is 2.00 bits per heavy atom. The van der Waals surface area contributed by atoms with E-state index in [2.05, 4.69) is 0 Å². The Morgan fingerprint density at radius 1 is 1.40 bits per heavy atom. The lowest BCUT2D eigenvalue weighted by atomic mass is 10.0. The van der Waals surface area contributed by atoms with E-state index in [1.807, 2.05) is 0 Å². The average molecular weight is 213 g/mol. The highest BCUT2D eigenvalue weighted by molar-refractivity contribution is 5.74. The van der Waals surface area contributed by atoms with Crippen molar-refractivity contribution in [3.05, 3.63) is 35.6 Å². The molecule has 4 N–H and O–H groups in total. The SMILES string of the molecule is NC(=O)CC(O)C(O)c1ccccc1F. The fourth-order valence-electron chi connectivity index (χ4n) is 1.24. The van der Waals surface area contributed by atoms with Crippen LogP contribution in [0.4, 0.5) is 4.39 Å². The number of rotatable bonds is 4. The molecule has 2 atom stereocenters. The molecule has 0 aliphatic rings. The van der Waals surface area contributed by atoms with E-state index in [1.54, 1.807) is 0 Å². The highest BCUT2D eigenvalue weighted by atomic mass is 19.1. The van der Waals surface area contributed by atoms with Gasteiger partial charge in [0.15, 0.2) is 0 Å². The van der Waals surface area contributed by atoms with Crippen molar-refractivity contribution in [2.45, 2.75) is 18.6 Å². The predicted octanol–water partition coefficient (Wildman–Crippen LogP) is 0.0954. The molecule has 0 heterocycles. The van der Waals surface area contributed by atoms with Gasteiger partial charge in [0.2, 0.25) is 5.91 Å². The Labute approximate surface area is 86.1 Å². The number of nitrogens with two attached hydrogens (primary N) is 1. The van der Waals surface area contributed by atoms with Crippen LogP contribution in [-0.2, 0) is 4.79 Å². The number of amides is 1. The van der Waals surface area contributed by atoms with Gasteiger partial charge >= 0.3 is 0 Å². The van der Waals surface area contributed by atoms with Gasteiger partial charge in [0.1, 0.15) is 11.9 Å². The van der Waals surface area contributed by atoms with E-state index >= 15 is 0 Å². The van der Waals surface area contributed by atoms with Crippen LogP contribution in [0.25, 0.3) is 0 Å². The van der Waals surface area contributed by atoms with Crippen molar-refractivity contribution in [3.8, 4) is 0 Å². The number of benzene rings is 1. The Kier molecular flexibility index (Phi) is 3.76. The van der Waals surface area contributed by atoms with Crippen LogP contribution in [0, 0.1) is 5.82 Å². The molecular weight excluding hydrogens is 201 g/mol. The first kappa shape index (κ1) is 11.6. The quantitative estimate of drug-likeness (QED) is 0.663. The molecule has 0 radical (unpaired) electrons. The minimum absolute atomic E-state index is 0.0498. The van der Waals surface area contributed by atoms with Crippen molar-refractivity contribution in [3.63, 3.8) is 0 Å². The van der Waals surface area contributed by atoms with Gasteiger partial charge in [-0.15, -0.1) is 0 Å². The molecule has 15 heavy (non-hydrogen) atoms. The molecule has 1 aromatic carbocycles. The first-order chi connectivity index (χ1) is 7.02. The summed E-state index contributed by atoms with van der Waals surface area (Å²) in [5.41, 5.74) is 4.79. The molecule has 0 aliphatic carbocycles. The van der Waals surface area contributed by atoms with Crippen molar-refractivity contribution in [1.82, 2.24) is 0 Å². The molecule has 82 valence electrons. The van der Waals surface area contributed by atoms with E-state index in [0.29, 0.717) is 0 Å². The largest absolute Gasteiger partial charge is 0.390 e. The summed E-state index contributed by atoms with van der Waals surface area (Å²) in [5.74, 6) is -1.38. The fourth-order valence-corrected chi connectivity index (χ4v) is 1.24. The number of carbonyl (C=O) groups excluding carboxylic acids is 1. The number of primary amides is 1. The van der Waals surface area contributed by atoms with Crippen LogP contribution < -0.4 is 5.73 Å². The van der Waals surface area contributed by atoms with Crippen LogP contribution in [0.5, 0.6) is 0 Å². The lowest BCUT2D eigenvalue weighted by molar-refractivity contribution is -0.121. The average Bonchev–Trinajstić information content (AvgIpc) is 2.16. The van der Waals surface area contributed by atoms with E-state index in [1.165, 1.54) is 18.2 Å². The summed E-state index contributed by atoms with van der Waals surface area (Å²) in [4.78, 5) is 10.5. The molecule has 4 nitrogen and oxygen atoms in total. The minimum Gasteiger partial charge on any atom is -0.390 e. The van der Waals surface area contributed by atoms with Gasteiger partial charge in [-0.05, 0) is 6.07 Å². The third-order valence-electron chi connectivity index (χ3n) is 2.00. The van der Waals surface area contributed by atoms with Gasteiger partial charge in [0.05, 0.1) is 12.5 Å². The molecule has 0 saturated carbocycles. The molecule has 2 unspecified atom stereocenters. The Bertz CT molecular complexity index is 356. The van der Waals surface area contributed by atoms with Crippen molar-refractivity contribution in [2.24, 2.45) is 5.73 Å². The first-order valence-corrected chi connectivity index (χ1v) is 4.41. The number of hydrogen-bond acceptors (Lipinski definition) is 3. The van der Waals surface area contributed by atoms with Gasteiger partial charge in [0.25, 0.3) is 0 Å². The van der Waals surface area contributed by atoms with Crippen LogP contribution in [0.15, 0.2) is 24.3 Å². The molecule has 0 saturated heterocycles. The number of aliphatic hydroxyl groups excluding tert-OH is 2. The van der Waals surface area contributed by atoms with Crippen LogP contribution in [-0.4, -0.2) is 22.2 Å². The van der Waals surface area contributed by atoms with Gasteiger partial charge in [0, 0.05) is 5.56 Å². The summed E-state index contributed by atoms with van der Waals surface area (Å²) in [7, 11) is 0. The smallest absolute Gasteiger partial charge is 0.220 e. The number of carbonyl (C=O) groups is 1. The van der Waals surface area contributed by atoms with Gasteiger partial charge < -0.3 is 15.9 Å².